The Hall–Kier alpha value is -1.88. The highest BCUT2D eigenvalue weighted by Gasteiger charge is 2.17. The highest BCUT2D eigenvalue weighted by molar-refractivity contribution is 5.94. The van der Waals surface area contributed by atoms with E-state index in [1.165, 1.54) is 6.42 Å². The summed E-state index contributed by atoms with van der Waals surface area (Å²) in [5.41, 5.74) is 1.35. The second kappa shape index (κ2) is 6.48. The highest BCUT2D eigenvalue weighted by atomic mass is 16.5. The van der Waals surface area contributed by atoms with Gasteiger partial charge in [-0.25, -0.2) is 4.98 Å². The quantitative estimate of drug-likeness (QED) is 0.853. The standard InChI is InChI=1S/C17H23N3O2/c1-19-11-9-13-7-8-15(18-16(13)19)17(21)20(2)10-3-5-14-6-4-12-22-14/h7-9,11,14H,3-6,10,12H2,1-2H3. The van der Waals surface area contributed by atoms with E-state index < -0.39 is 0 Å². The molecule has 1 aliphatic rings. The van der Waals surface area contributed by atoms with Crippen molar-refractivity contribution in [3.8, 4) is 0 Å². The van der Waals surface area contributed by atoms with E-state index in [1.807, 2.05) is 37.0 Å². The first-order valence-electron chi connectivity index (χ1n) is 7.94. The summed E-state index contributed by atoms with van der Waals surface area (Å²) < 4.78 is 7.55. The minimum Gasteiger partial charge on any atom is -0.378 e. The summed E-state index contributed by atoms with van der Waals surface area (Å²) >= 11 is 0. The lowest BCUT2D eigenvalue weighted by Crippen LogP contribution is -2.29. The molecule has 0 aromatic carbocycles. The summed E-state index contributed by atoms with van der Waals surface area (Å²) in [6, 6.07) is 5.76. The van der Waals surface area contributed by atoms with E-state index in [4.69, 9.17) is 4.74 Å². The molecule has 1 atom stereocenters. The van der Waals surface area contributed by atoms with Gasteiger partial charge in [0.2, 0.25) is 0 Å². The molecule has 1 amide bonds. The van der Waals surface area contributed by atoms with Gasteiger partial charge in [0, 0.05) is 38.8 Å². The van der Waals surface area contributed by atoms with Crippen molar-refractivity contribution < 1.29 is 9.53 Å². The molecular weight excluding hydrogens is 278 g/mol. The molecule has 1 fully saturated rings. The van der Waals surface area contributed by atoms with Gasteiger partial charge in [0.15, 0.2) is 0 Å². The predicted molar refractivity (Wildman–Crippen MR) is 85.9 cm³/mol. The first-order chi connectivity index (χ1) is 10.6. The Morgan fingerprint density at radius 3 is 3.09 bits per heavy atom. The molecule has 22 heavy (non-hydrogen) atoms. The molecule has 1 aliphatic heterocycles. The Kier molecular flexibility index (Phi) is 4.43. The lowest BCUT2D eigenvalue weighted by Gasteiger charge is -2.18. The average Bonchev–Trinajstić information content (AvgIpc) is 3.16. The van der Waals surface area contributed by atoms with Gasteiger partial charge in [-0.05, 0) is 43.9 Å². The van der Waals surface area contributed by atoms with E-state index in [2.05, 4.69) is 4.98 Å². The Bertz CT molecular complexity index is 659. The van der Waals surface area contributed by atoms with E-state index in [9.17, 15) is 4.79 Å². The van der Waals surface area contributed by atoms with Crippen molar-refractivity contribution >= 4 is 16.9 Å². The molecule has 0 aliphatic carbocycles. The van der Waals surface area contributed by atoms with Crippen LogP contribution in [0.1, 0.15) is 36.2 Å². The van der Waals surface area contributed by atoms with Gasteiger partial charge in [-0.15, -0.1) is 0 Å². The zero-order valence-corrected chi connectivity index (χ0v) is 13.3. The Balaban J connectivity index is 1.59. The molecule has 5 nitrogen and oxygen atoms in total. The van der Waals surface area contributed by atoms with Crippen LogP contribution in [0.15, 0.2) is 24.4 Å². The Morgan fingerprint density at radius 2 is 2.32 bits per heavy atom. The first kappa shape index (κ1) is 15.0. The summed E-state index contributed by atoms with van der Waals surface area (Å²) in [4.78, 5) is 18.7. The van der Waals surface area contributed by atoms with Crippen molar-refractivity contribution in [1.82, 2.24) is 14.5 Å². The van der Waals surface area contributed by atoms with Crippen molar-refractivity contribution in [2.45, 2.75) is 31.8 Å². The van der Waals surface area contributed by atoms with Crippen LogP contribution in [0.2, 0.25) is 0 Å². The lowest BCUT2D eigenvalue weighted by atomic mass is 10.1. The number of pyridine rings is 1. The second-order valence-corrected chi connectivity index (χ2v) is 6.04. The fourth-order valence-electron chi connectivity index (χ4n) is 2.98. The predicted octanol–water partition coefficient (Wildman–Crippen LogP) is 2.60. The fraction of sp³-hybridized carbons (Fsp3) is 0.529. The van der Waals surface area contributed by atoms with Crippen LogP contribution < -0.4 is 0 Å². The van der Waals surface area contributed by atoms with Crippen molar-refractivity contribution in [3.63, 3.8) is 0 Å². The van der Waals surface area contributed by atoms with Gasteiger partial charge in [0.05, 0.1) is 6.10 Å². The minimum atomic E-state index is -0.0181. The number of aromatic nitrogens is 2. The molecule has 5 heteroatoms. The van der Waals surface area contributed by atoms with Crippen LogP contribution in [0, 0.1) is 0 Å². The molecule has 3 rings (SSSR count). The Morgan fingerprint density at radius 1 is 1.45 bits per heavy atom. The molecular formula is C17H23N3O2. The number of ether oxygens (including phenoxy) is 1. The normalized spacial score (nSPS) is 18.0. The second-order valence-electron chi connectivity index (χ2n) is 6.04. The van der Waals surface area contributed by atoms with Crippen molar-refractivity contribution in [1.29, 1.82) is 0 Å². The van der Waals surface area contributed by atoms with Crippen molar-refractivity contribution in [2.24, 2.45) is 7.05 Å². The zero-order valence-electron chi connectivity index (χ0n) is 13.3. The van der Waals surface area contributed by atoms with Crippen LogP contribution in [0.25, 0.3) is 11.0 Å². The number of fused-ring (bicyclic) bond motifs is 1. The maximum absolute atomic E-state index is 12.5. The van der Waals surface area contributed by atoms with E-state index in [1.54, 1.807) is 11.0 Å². The lowest BCUT2D eigenvalue weighted by molar-refractivity contribution is 0.0758. The largest absolute Gasteiger partial charge is 0.378 e. The SMILES string of the molecule is CN(CCCC1CCCO1)C(=O)c1ccc2ccn(C)c2n1. The van der Waals surface area contributed by atoms with Gasteiger partial charge in [-0.3, -0.25) is 4.79 Å². The molecule has 0 saturated carbocycles. The number of nitrogens with zero attached hydrogens (tertiary/aromatic N) is 3. The van der Waals surface area contributed by atoms with Crippen LogP contribution in [0.4, 0.5) is 0 Å². The number of hydrogen-bond acceptors (Lipinski definition) is 3. The third-order valence-electron chi connectivity index (χ3n) is 4.33. The third-order valence-corrected chi connectivity index (χ3v) is 4.33. The topological polar surface area (TPSA) is 47.4 Å². The average molecular weight is 301 g/mol. The number of aryl methyl sites for hydroxylation is 1. The highest BCUT2D eigenvalue weighted by Crippen LogP contribution is 2.17. The third kappa shape index (κ3) is 3.14. The van der Waals surface area contributed by atoms with Gasteiger partial charge in [-0.2, -0.15) is 0 Å². The van der Waals surface area contributed by atoms with E-state index in [-0.39, 0.29) is 5.91 Å². The molecule has 0 spiro atoms. The van der Waals surface area contributed by atoms with Crippen LogP contribution in [-0.4, -0.2) is 46.7 Å². The van der Waals surface area contributed by atoms with Crippen LogP contribution in [0.5, 0.6) is 0 Å². The number of carbonyl (C=O) groups is 1. The molecule has 0 radical (unpaired) electrons. The number of hydrogen-bond donors (Lipinski definition) is 0. The smallest absolute Gasteiger partial charge is 0.272 e. The minimum absolute atomic E-state index is 0.0181. The molecule has 3 heterocycles. The monoisotopic (exact) mass is 301 g/mol. The molecule has 0 N–H and O–H groups in total. The Labute approximate surface area is 130 Å². The van der Waals surface area contributed by atoms with Gasteiger partial charge in [-0.1, -0.05) is 0 Å². The molecule has 2 aromatic heterocycles. The van der Waals surface area contributed by atoms with Crippen LogP contribution in [-0.2, 0) is 11.8 Å². The van der Waals surface area contributed by atoms with E-state index >= 15 is 0 Å². The summed E-state index contributed by atoms with van der Waals surface area (Å²) in [5, 5.41) is 1.06. The summed E-state index contributed by atoms with van der Waals surface area (Å²) in [5.74, 6) is -0.0181. The molecule has 118 valence electrons. The number of amides is 1. The van der Waals surface area contributed by atoms with E-state index in [0.717, 1.165) is 43.4 Å². The first-order valence-corrected chi connectivity index (χ1v) is 7.94. The summed E-state index contributed by atoms with van der Waals surface area (Å²) in [6.45, 7) is 1.63. The zero-order chi connectivity index (χ0) is 15.5. The summed E-state index contributed by atoms with van der Waals surface area (Å²) in [6.07, 6.45) is 6.67. The fourth-order valence-corrected chi connectivity index (χ4v) is 2.98. The number of rotatable bonds is 5. The molecule has 0 bridgehead atoms. The van der Waals surface area contributed by atoms with Crippen molar-refractivity contribution in [3.05, 3.63) is 30.1 Å². The van der Waals surface area contributed by atoms with Crippen LogP contribution in [0.3, 0.4) is 0 Å². The molecule has 1 saturated heterocycles. The van der Waals surface area contributed by atoms with Gasteiger partial charge >= 0.3 is 0 Å². The van der Waals surface area contributed by atoms with Crippen molar-refractivity contribution in [2.75, 3.05) is 20.2 Å². The van der Waals surface area contributed by atoms with Crippen LogP contribution >= 0.6 is 0 Å². The summed E-state index contributed by atoms with van der Waals surface area (Å²) in [7, 11) is 3.78. The van der Waals surface area contributed by atoms with Gasteiger partial charge in [0.1, 0.15) is 11.3 Å². The van der Waals surface area contributed by atoms with Gasteiger partial charge in [0.25, 0.3) is 5.91 Å². The number of carbonyl (C=O) groups excluding carboxylic acids is 1. The van der Waals surface area contributed by atoms with Gasteiger partial charge < -0.3 is 14.2 Å². The van der Waals surface area contributed by atoms with E-state index in [0.29, 0.717) is 11.8 Å². The molecule has 1 unspecified atom stereocenters. The maximum Gasteiger partial charge on any atom is 0.272 e. The molecule has 2 aromatic rings. The maximum atomic E-state index is 12.5.